The number of nitrogens with zero attached hydrogens (tertiary/aromatic N) is 1. The lowest BCUT2D eigenvalue weighted by atomic mass is 10.2. The van der Waals surface area contributed by atoms with Gasteiger partial charge in [0.05, 0.1) is 10.6 Å². The van der Waals surface area contributed by atoms with Gasteiger partial charge in [-0.3, -0.25) is 4.79 Å². The second-order valence-electron chi connectivity index (χ2n) is 3.71. The average Bonchev–Trinajstić information content (AvgIpc) is 2.31. The Kier molecular flexibility index (Phi) is 3.90. The number of piperidine rings is 1. The van der Waals surface area contributed by atoms with Crippen LogP contribution in [0.25, 0.3) is 0 Å². The van der Waals surface area contributed by atoms with Crippen molar-refractivity contribution in [3.63, 3.8) is 0 Å². The van der Waals surface area contributed by atoms with Crippen molar-refractivity contribution in [3.05, 3.63) is 23.6 Å². The van der Waals surface area contributed by atoms with Crippen molar-refractivity contribution < 1.29 is 9.18 Å². The SMILES string of the molecule is O=Cc1ccc(SC2CCNCC2)nc1F. The fraction of sp³-hybridized carbons (Fsp3) is 0.455. The van der Waals surface area contributed by atoms with E-state index in [1.54, 1.807) is 17.8 Å². The minimum absolute atomic E-state index is 0.0228. The van der Waals surface area contributed by atoms with E-state index in [4.69, 9.17) is 0 Å². The number of hydrogen-bond acceptors (Lipinski definition) is 4. The number of aromatic nitrogens is 1. The number of halogens is 1. The first-order valence-corrected chi connectivity index (χ1v) is 6.16. The summed E-state index contributed by atoms with van der Waals surface area (Å²) in [5.74, 6) is -0.672. The van der Waals surface area contributed by atoms with E-state index in [9.17, 15) is 9.18 Å². The molecule has 16 heavy (non-hydrogen) atoms. The quantitative estimate of drug-likeness (QED) is 0.647. The molecule has 86 valence electrons. The first kappa shape index (κ1) is 11.5. The summed E-state index contributed by atoms with van der Waals surface area (Å²) in [6, 6.07) is 3.19. The molecule has 3 nitrogen and oxygen atoms in total. The highest BCUT2D eigenvalue weighted by molar-refractivity contribution is 7.99. The number of hydrogen-bond donors (Lipinski definition) is 1. The summed E-state index contributed by atoms with van der Waals surface area (Å²) < 4.78 is 13.2. The number of rotatable bonds is 3. The Morgan fingerprint density at radius 1 is 1.44 bits per heavy atom. The van der Waals surface area contributed by atoms with Crippen molar-refractivity contribution in [2.75, 3.05) is 13.1 Å². The molecule has 0 aliphatic carbocycles. The normalized spacial score (nSPS) is 17.3. The smallest absolute Gasteiger partial charge is 0.224 e. The minimum Gasteiger partial charge on any atom is -0.317 e. The van der Waals surface area contributed by atoms with Crippen LogP contribution in [0.5, 0.6) is 0 Å². The third-order valence-corrected chi connectivity index (χ3v) is 3.83. The average molecular weight is 240 g/mol. The minimum atomic E-state index is -0.672. The Morgan fingerprint density at radius 2 is 2.19 bits per heavy atom. The third kappa shape index (κ3) is 2.80. The molecule has 0 radical (unpaired) electrons. The molecule has 1 aliphatic rings. The fourth-order valence-corrected chi connectivity index (χ4v) is 2.76. The highest BCUT2D eigenvalue weighted by atomic mass is 32.2. The first-order chi connectivity index (χ1) is 7.79. The van der Waals surface area contributed by atoms with Gasteiger partial charge in [-0.25, -0.2) is 4.98 Å². The summed E-state index contributed by atoms with van der Waals surface area (Å²) in [6.45, 7) is 2.01. The number of nitrogens with one attached hydrogen (secondary N) is 1. The van der Waals surface area contributed by atoms with Crippen LogP contribution in [0.1, 0.15) is 23.2 Å². The molecule has 0 atom stereocenters. The lowest BCUT2D eigenvalue weighted by molar-refractivity contribution is 0.111. The van der Waals surface area contributed by atoms with Crippen LogP contribution in [-0.4, -0.2) is 29.6 Å². The van der Waals surface area contributed by atoms with Gasteiger partial charge < -0.3 is 5.32 Å². The van der Waals surface area contributed by atoms with Gasteiger partial charge in [0.25, 0.3) is 0 Å². The van der Waals surface area contributed by atoms with E-state index in [-0.39, 0.29) is 5.56 Å². The summed E-state index contributed by atoms with van der Waals surface area (Å²) in [5.41, 5.74) is 0.0228. The van der Waals surface area contributed by atoms with Crippen LogP contribution in [0, 0.1) is 5.95 Å². The van der Waals surface area contributed by atoms with Crippen LogP contribution < -0.4 is 5.32 Å². The monoisotopic (exact) mass is 240 g/mol. The van der Waals surface area contributed by atoms with Gasteiger partial charge in [-0.15, -0.1) is 11.8 Å². The highest BCUT2D eigenvalue weighted by Gasteiger charge is 2.15. The van der Waals surface area contributed by atoms with E-state index in [0.717, 1.165) is 25.9 Å². The van der Waals surface area contributed by atoms with Crippen molar-refractivity contribution in [3.8, 4) is 0 Å². The largest absolute Gasteiger partial charge is 0.317 e. The summed E-state index contributed by atoms with van der Waals surface area (Å²) >= 11 is 1.59. The Balaban J connectivity index is 2.03. The molecule has 5 heteroatoms. The van der Waals surface area contributed by atoms with E-state index in [1.807, 2.05) is 0 Å². The molecule has 1 N–H and O–H groups in total. The molecule has 0 spiro atoms. The van der Waals surface area contributed by atoms with Crippen molar-refractivity contribution in [1.29, 1.82) is 0 Å². The lowest BCUT2D eigenvalue weighted by Crippen LogP contribution is -2.29. The standard InChI is InChI=1S/C11H13FN2OS/c12-11-8(7-15)1-2-10(14-11)16-9-3-5-13-6-4-9/h1-2,7,9,13H,3-6H2. The molecule has 1 aromatic rings. The van der Waals surface area contributed by atoms with Crippen LogP contribution in [0.2, 0.25) is 0 Å². The molecule has 2 rings (SSSR count). The maximum atomic E-state index is 13.2. The maximum Gasteiger partial charge on any atom is 0.224 e. The molecule has 0 amide bonds. The van der Waals surface area contributed by atoms with Crippen molar-refractivity contribution in [2.45, 2.75) is 23.1 Å². The Morgan fingerprint density at radius 3 is 2.81 bits per heavy atom. The second-order valence-corrected chi connectivity index (χ2v) is 5.04. The van der Waals surface area contributed by atoms with Crippen LogP contribution >= 0.6 is 11.8 Å². The number of aldehydes is 1. The topological polar surface area (TPSA) is 42.0 Å². The number of pyridine rings is 1. The Bertz CT molecular complexity index is 380. The molecule has 1 fully saturated rings. The summed E-state index contributed by atoms with van der Waals surface area (Å²) in [6.07, 6.45) is 2.63. The first-order valence-electron chi connectivity index (χ1n) is 5.28. The highest BCUT2D eigenvalue weighted by Crippen LogP contribution is 2.27. The second kappa shape index (κ2) is 5.41. The molecule has 0 unspecified atom stereocenters. The number of carbonyl (C=O) groups is 1. The van der Waals surface area contributed by atoms with E-state index in [0.29, 0.717) is 16.6 Å². The van der Waals surface area contributed by atoms with Gasteiger partial charge in [-0.1, -0.05) is 0 Å². The lowest BCUT2D eigenvalue weighted by Gasteiger charge is -2.21. The maximum absolute atomic E-state index is 13.2. The van der Waals surface area contributed by atoms with Crippen LogP contribution in [-0.2, 0) is 0 Å². The zero-order chi connectivity index (χ0) is 11.4. The molecular weight excluding hydrogens is 227 g/mol. The summed E-state index contributed by atoms with van der Waals surface area (Å²) in [7, 11) is 0. The molecule has 0 bridgehead atoms. The van der Waals surface area contributed by atoms with Crippen LogP contribution in [0.15, 0.2) is 17.2 Å². The fourth-order valence-electron chi connectivity index (χ4n) is 1.67. The van der Waals surface area contributed by atoms with E-state index in [2.05, 4.69) is 10.3 Å². The molecule has 1 saturated heterocycles. The van der Waals surface area contributed by atoms with Gasteiger partial charge in [0, 0.05) is 5.25 Å². The molecule has 0 aromatic carbocycles. The van der Waals surface area contributed by atoms with Crippen LogP contribution in [0.3, 0.4) is 0 Å². The molecule has 1 aliphatic heterocycles. The summed E-state index contributed by atoms with van der Waals surface area (Å²) in [4.78, 5) is 14.2. The van der Waals surface area contributed by atoms with Crippen molar-refractivity contribution in [1.82, 2.24) is 10.3 Å². The van der Waals surface area contributed by atoms with Crippen molar-refractivity contribution >= 4 is 18.0 Å². The molecular formula is C11H13FN2OS. The van der Waals surface area contributed by atoms with Gasteiger partial charge in [-0.2, -0.15) is 4.39 Å². The van der Waals surface area contributed by atoms with Crippen molar-refractivity contribution in [2.24, 2.45) is 0 Å². The van der Waals surface area contributed by atoms with Gasteiger partial charge in [0.2, 0.25) is 5.95 Å². The zero-order valence-corrected chi connectivity index (χ0v) is 9.60. The van der Waals surface area contributed by atoms with Gasteiger partial charge in [0.1, 0.15) is 0 Å². The Labute approximate surface area is 97.8 Å². The predicted octanol–water partition coefficient (Wildman–Crippen LogP) is 1.88. The van der Waals surface area contributed by atoms with Gasteiger partial charge in [0.15, 0.2) is 6.29 Å². The number of carbonyl (C=O) groups excluding carboxylic acids is 1. The third-order valence-electron chi connectivity index (χ3n) is 2.55. The van der Waals surface area contributed by atoms with E-state index >= 15 is 0 Å². The van der Waals surface area contributed by atoms with E-state index < -0.39 is 5.95 Å². The molecule has 2 heterocycles. The van der Waals surface area contributed by atoms with Gasteiger partial charge in [-0.05, 0) is 38.1 Å². The molecule has 0 saturated carbocycles. The van der Waals surface area contributed by atoms with Crippen LogP contribution in [0.4, 0.5) is 4.39 Å². The predicted molar refractivity (Wildman–Crippen MR) is 61.3 cm³/mol. The number of thioether (sulfide) groups is 1. The summed E-state index contributed by atoms with van der Waals surface area (Å²) in [5, 5.41) is 4.43. The zero-order valence-electron chi connectivity index (χ0n) is 8.78. The molecule has 1 aromatic heterocycles. The van der Waals surface area contributed by atoms with Gasteiger partial charge >= 0.3 is 0 Å². The Hall–Kier alpha value is -0.940. The van der Waals surface area contributed by atoms with E-state index in [1.165, 1.54) is 6.07 Å².